The van der Waals surface area contributed by atoms with E-state index < -0.39 is 11.9 Å². The average Bonchev–Trinajstić information content (AvgIpc) is 2.26. The largest absolute Gasteiger partial charge is 0.519 e. The number of nitrogens with one attached hydrogen (secondary N) is 1. The molecule has 0 unspecified atom stereocenters. The normalized spacial score (nSPS) is 9.75. The highest BCUT2D eigenvalue weighted by molar-refractivity contribution is 5.64. The van der Waals surface area contributed by atoms with Crippen LogP contribution in [0.15, 0.2) is 13.6 Å². The molecule has 0 spiro atoms. The van der Waals surface area contributed by atoms with Gasteiger partial charge in [-0.15, -0.1) is 0 Å². The second-order valence-electron chi connectivity index (χ2n) is 2.09. The fourth-order valence-electron chi connectivity index (χ4n) is 0.692. The lowest BCUT2D eigenvalue weighted by molar-refractivity contribution is 0.192. The lowest BCUT2D eigenvalue weighted by Gasteiger charge is -1.94. The van der Waals surface area contributed by atoms with Crippen LogP contribution in [0.25, 0.3) is 0 Å². The maximum atomic E-state index is 10.4. The highest BCUT2D eigenvalue weighted by Crippen LogP contribution is 2.03. The van der Waals surface area contributed by atoms with Gasteiger partial charge in [0.05, 0.1) is 6.54 Å². The van der Waals surface area contributed by atoms with E-state index in [0.717, 1.165) is 0 Å². The van der Waals surface area contributed by atoms with E-state index in [1.165, 1.54) is 6.92 Å². The topological polar surface area (TPSA) is 92.7 Å². The Morgan fingerprint density at radius 1 is 1.58 bits per heavy atom. The van der Waals surface area contributed by atoms with E-state index in [9.17, 15) is 9.59 Å². The number of hydrogen-bond donors (Lipinski definition) is 2. The van der Waals surface area contributed by atoms with Crippen LogP contribution < -0.4 is 11.1 Å². The number of hydrogen-bond acceptors (Lipinski definition) is 4. The molecule has 1 amide bonds. The van der Waals surface area contributed by atoms with Gasteiger partial charge in [0.1, 0.15) is 5.76 Å². The Morgan fingerprint density at radius 3 is 2.67 bits per heavy atom. The Hall–Kier alpha value is -1.72. The Bertz CT molecular complexity index is 336. The van der Waals surface area contributed by atoms with E-state index in [2.05, 4.69) is 8.83 Å². The Morgan fingerprint density at radius 2 is 2.25 bits per heavy atom. The van der Waals surface area contributed by atoms with Gasteiger partial charge in [0.15, 0.2) is 5.76 Å². The van der Waals surface area contributed by atoms with Gasteiger partial charge in [0.2, 0.25) is 0 Å². The minimum atomic E-state index is -1.18. The third kappa shape index (κ3) is 1.88. The molecule has 2 N–H and O–H groups in total. The molecule has 0 aliphatic heterocycles. The lowest BCUT2D eigenvalue weighted by Crippen LogP contribution is -2.20. The van der Waals surface area contributed by atoms with Crippen LogP contribution in [0.1, 0.15) is 11.5 Å². The predicted octanol–water partition coefficient (Wildman–Crippen LogP) is 0.309. The van der Waals surface area contributed by atoms with Crippen molar-refractivity contribution in [2.24, 2.45) is 0 Å². The SMILES string of the molecule is Cc1oc(=O)oc1CNC(=O)O. The van der Waals surface area contributed by atoms with Crippen molar-refractivity contribution in [3.05, 3.63) is 22.1 Å². The number of aryl methyl sites for hydroxylation is 1. The molecule has 0 fully saturated rings. The van der Waals surface area contributed by atoms with Crippen molar-refractivity contribution in [2.75, 3.05) is 0 Å². The van der Waals surface area contributed by atoms with Crippen LogP contribution in [-0.2, 0) is 6.54 Å². The zero-order chi connectivity index (χ0) is 9.14. The molecule has 0 radical (unpaired) electrons. The van der Waals surface area contributed by atoms with Crippen LogP contribution in [0.5, 0.6) is 0 Å². The maximum absolute atomic E-state index is 10.4. The average molecular weight is 173 g/mol. The van der Waals surface area contributed by atoms with E-state index in [1.54, 1.807) is 0 Å². The van der Waals surface area contributed by atoms with Crippen molar-refractivity contribution in [2.45, 2.75) is 13.5 Å². The lowest BCUT2D eigenvalue weighted by atomic mass is 10.4. The van der Waals surface area contributed by atoms with Crippen molar-refractivity contribution in [3.8, 4) is 0 Å². The predicted molar refractivity (Wildman–Crippen MR) is 36.8 cm³/mol. The Balaban J connectivity index is 2.69. The van der Waals surface area contributed by atoms with Crippen molar-refractivity contribution < 1.29 is 18.7 Å². The molecular weight excluding hydrogens is 166 g/mol. The number of carbonyl (C=O) groups is 1. The summed E-state index contributed by atoms with van der Waals surface area (Å²) in [6.07, 6.45) is -1.18. The van der Waals surface area contributed by atoms with Gasteiger partial charge in [0.25, 0.3) is 0 Å². The van der Waals surface area contributed by atoms with Gasteiger partial charge >= 0.3 is 11.9 Å². The second-order valence-corrected chi connectivity index (χ2v) is 2.09. The maximum Gasteiger partial charge on any atom is 0.519 e. The van der Waals surface area contributed by atoms with E-state index in [-0.39, 0.29) is 18.1 Å². The molecule has 0 aromatic carbocycles. The van der Waals surface area contributed by atoms with Crippen LogP contribution in [-0.4, -0.2) is 11.2 Å². The van der Waals surface area contributed by atoms with Gasteiger partial charge in [-0.3, -0.25) is 0 Å². The summed E-state index contributed by atoms with van der Waals surface area (Å²) >= 11 is 0. The van der Waals surface area contributed by atoms with Gasteiger partial charge in [-0.1, -0.05) is 0 Å². The van der Waals surface area contributed by atoms with Crippen LogP contribution in [0.2, 0.25) is 0 Å². The van der Waals surface area contributed by atoms with Crippen LogP contribution in [0, 0.1) is 6.92 Å². The highest BCUT2D eigenvalue weighted by Gasteiger charge is 2.08. The second kappa shape index (κ2) is 3.12. The van der Waals surface area contributed by atoms with Gasteiger partial charge in [-0.25, -0.2) is 9.59 Å². The molecule has 0 atom stereocenters. The first-order chi connectivity index (χ1) is 5.59. The molecule has 0 bridgehead atoms. The molecule has 0 aliphatic rings. The first kappa shape index (κ1) is 8.38. The summed E-state index contributed by atoms with van der Waals surface area (Å²) < 4.78 is 9.01. The molecule has 1 rings (SSSR count). The molecule has 66 valence electrons. The quantitative estimate of drug-likeness (QED) is 0.671. The minimum absolute atomic E-state index is 0.0626. The van der Waals surface area contributed by atoms with Gasteiger partial charge in [-0.2, -0.15) is 0 Å². The fourth-order valence-corrected chi connectivity index (χ4v) is 0.692. The van der Waals surface area contributed by atoms with Crippen molar-refractivity contribution in [1.29, 1.82) is 0 Å². The van der Waals surface area contributed by atoms with Gasteiger partial charge in [0, 0.05) is 0 Å². The molecule has 0 aliphatic carbocycles. The third-order valence-electron chi connectivity index (χ3n) is 1.24. The van der Waals surface area contributed by atoms with E-state index >= 15 is 0 Å². The standard InChI is InChI=1S/C6H7NO5/c1-3-4(2-7-5(8)9)12-6(10)11-3/h7H,2H2,1H3,(H,8,9). The summed E-state index contributed by atoms with van der Waals surface area (Å²) in [7, 11) is 0. The third-order valence-corrected chi connectivity index (χ3v) is 1.24. The van der Waals surface area contributed by atoms with Gasteiger partial charge < -0.3 is 19.3 Å². The molecule has 0 saturated carbocycles. The summed E-state index contributed by atoms with van der Waals surface area (Å²) in [5.74, 6) is -0.342. The molecule has 1 aromatic rings. The zero-order valence-electron chi connectivity index (χ0n) is 6.29. The monoisotopic (exact) mass is 173 g/mol. The molecule has 6 heteroatoms. The summed E-state index contributed by atoms with van der Waals surface area (Å²) in [5, 5.41) is 10.3. The van der Waals surface area contributed by atoms with E-state index in [0.29, 0.717) is 0 Å². The summed E-state index contributed by atoms with van der Waals surface area (Å²) in [6.45, 7) is 1.46. The number of carboxylic acid groups (broad SMARTS) is 1. The number of amides is 1. The van der Waals surface area contributed by atoms with Crippen molar-refractivity contribution >= 4 is 6.09 Å². The zero-order valence-corrected chi connectivity index (χ0v) is 6.29. The van der Waals surface area contributed by atoms with E-state index in [4.69, 9.17) is 5.11 Å². The summed E-state index contributed by atoms with van der Waals surface area (Å²) in [4.78, 5) is 20.5. The first-order valence-corrected chi connectivity index (χ1v) is 3.16. The fraction of sp³-hybridized carbons (Fsp3) is 0.333. The Labute approximate surface area is 66.8 Å². The molecule has 12 heavy (non-hydrogen) atoms. The number of rotatable bonds is 2. The molecule has 1 heterocycles. The molecule has 1 aromatic heterocycles. The smallest absolute Gasteiger partial charge is 0.465 e. The first-order valence-electron chi connectivity index (χ1n) is 3.16. The van der Waals surface area contributed by atoms with Crippen LogP contribution in [0.4, 0.5) is 4.79 Å². The minimum Gasteiger partial charge on any atom is -0.465 e. The van der Waals surface area contributed by atoms with Gasteiger partial charge in [-0.05, 0) is 6.92 Å². The summed E-state index contributed by atoms with van der Waals surface area (Å²) in [5.41, 5.74) is 0. The van der Waals surface area contributed by atoms with Crippen LogP contribution >= 0.6 is 0 Å². The van der Waals surface area contributed by atoms with Crippen molar-refractivity contribution in [1.82, 2.24) is 5.32 Å². The molecule has 6 nitrogen and oxygen atoms in total. The molecular formula is C6H7NO5. The van der Waals surface area contributed by atoms with Crippen molar-refractivity contribution in [3.63, 3.8) is 0 Å². The van der Waals surface area contributed by atoms with E-state index in [1.807, 2.05) is 5.32 Å². The summed E-state index contributed by atoms with van der Waals surface area (Å²) in [6, 6.07) is 0. The Kier molecular flexibility index (Phi) is 2.18. The van der Waals surface area contributed by atoms with Crippen LogP contribution in [0.3, 0.4) is 0 Å². The molecule has 0 saturated heterocycles. The highest BCUT2D eigenvalue weighted by atomic mass is 16.6.